The topological polar surface area (TPSA) is 34.7 Å². The first-order chi connectivity index (χ1) is 13.8. The maximum atomic E-state index is 5.87. The SMILES string of the molecule is C(=Nc1ccc2oc3ccccc3c2c1)c1ccc(Oc2ccccc2)cc1. The molecule has 5 rings (SSSR count). The fraction of sp³-hybridized carbons (Fsp3) is 0. The van der Waals surface area contributed by atoms with Crippen molar-refractivity contribution in [3.05, 3.63) is 103 Å². The van der Waals surface area contributed by atoms with Gasteiger partial charge in [0, 0.05) is 17.0 Å². The Balaban J connectivity index is 1.37. The zero-order chi connectivity index (χ0) is 18.8. The maximum absolute atomic E-state index is 5.87. The van der Waals surface area contributed by atoms with Gasteiger partial charge in [0.1, 0.15) is 22.7 Å². The minimum Gasteiger partial charge on any atom is -0.457 e. The van der Waals surface area contributed by atoms with E-state index in [9.17, 15) is 0 Å². The Morgan fingerprint density at radius 2 is 1.36 bits per heavy atom. The zero-order valence-corrected chi connectivity index (χ0v) is 15.1. The number of nitrogens with zero attached hydrogens (tertiary/aromatic N) is 1. The molecule has 1 aromatic heterocycles. The molecule has 3 heteroatoms. The van der Waals surface area contributed by atoms with E-state index in [4.69, 9.17) is 9.15 Å². The number of furan rings is 1. The minimum atomic E-state index is 0.801. The number of aliphatic imine (C=N–C) groups is 1. The number of benzene rings is 4. The second kappa shape index (κ2) is 7.05. The van der Waals surface area contributed by atoms with E-state index in [0.29, 0.717) is 0 Å². The zero-order valence-electron chi connectivity index (χ0n) is 15.1. The number of rotatable bonds is 4. The summed E-state index contributed by atoms with van der Waals surface area (Å²) in [5.41, 5.74) is 3.68. The van der Waals surface area contributed by atoms with Gasteiger partial charge < -0.3 is 9.15 Å². The van der Waals surface area contributed by atoms with Crippen molar-refractivity contribution >= 4 is 33.8 Å². The first-order valence-corrected chi connectivity index (χ1v) is 9.13. The molecule has 0 saturated carbocycles. The average Bonchev–Trinajstić information content (AvgIpc) is 3.12. The standard InChI is InChI=1S/C25H17NO2/c1-2-6-20(7-3-1)27-21-13-10-18(11-14-21)17-26-19-12-15-25-23(16-19)22-8-4-5-9-24(22)28-25/h1-17H. The van der Waals surface area contributed by atoms with E-state index >= 15 is 0 Å². The lowest BCUT2D eigenvalue weighted by Crippen LogP contribution is -1.85. The third-order valence-electron chi connectivity index (χ3n) is 4.58. The molecule has 0 aliphatic heterocycles. The lowest BCUT2D eigenvalue weighted by molar-refractivity contribution is 0.482. The van der Waals surface area contributed by atoms with E-state index in [1.807, 2.05) is 91.1 Å². The molecule has 0 fully saturated rings. The molecule has 4 aromatic carbocycles. The highest BCUT2D eigenvalue weighted by Gasteiger charge is 2.06. The first kappa shape index (κ1) is 16.3. The molecule has 28 heavy (non-hydrogen) atoms. The molecule has 0 saturated heterocycles. The number of ether oxygens (including phenoxy) is 1. The molecule has 0 aliphatic carbocycles. The largest absolute Gasteiger partial charge is 0.457 e. The van der Waals surface area contributed by atoms with Crippen LogP contribution in [0.25, 0.3) is 21.9 Å². The van der Waals surface area contributed by atoms with Crippen LogP contribution in [0.1, 0.15) is 5.56 Å². The van der Waals surface area contributed by atoms with Crippen LogP contribution in [0.5, 0.6) is 11.5 Å². The van der Waals surface area contributed by atoms with Gasteiger partial charge in [0.05, 0.1) is 5.69 Å². The molecule has 134 valence electrons. The van der Waals surface area contributed by atoms with Gasteiger partial charge in [-0.1, -0.05) is 36.4 Å². The summed E-state index contributed by atoms with van der Waals surface area (Å²) in [7, 11) is 0. The Bertz CT molecular complexity index is 1270. The van der Waals surface area contributed by atoms with Crippen LogP contribution in [-0.4, -0.2) is 6.21 Å². The fourth-order valence-corrected chi connectivity index (χ4v) is 3.19. The van der Waals surface area contributed by atoms with Crippen LogP contribution >= 0.6 is 0 Å². The van der Waals surface area contributed by atoms with Crippen molar-refractivity contribution < 1.29 is 9.15 Å². The summed E-state index contributed by atoms with van der Waals surface area (Å²) in [6.07, 6.45) is 1.86. The summed E-state index contributed by atoms with van der Waals surface area (Å²) < 4.78 is 11.7. The highest BCUT2D eigenvalue weighted by atomic mass is 16.5. The molecule has 3 nitrogen and oxygen atoms in total. The molecule has 0 aliphatic rings. The lowest BCUT2D eigenvalue weighted by Gasteiger charge is -2.05. The monoisotopic (exact) mass is 363 g/mol. The van der Waals surface area contributed by atoms with Gasteiger partial charge in [-0.3, -0.25) is 4.99 Å². The van der Waals surface area contributed by atoms with E-state index in [2.05, 4.69) is 17.1 Å². The Labute approximate surface area is 162 Å². The van der Waals surface area contributed by atoms with Gasteiger partial charge in [0.25, 0.3) is 0 Å². The van der Waals surface area contributed by atoms with Crippen LogP contribution in [0.4, 0.5) is 5.69 Å². The third kappa shape index (κ3) is 3.26. The molecule has 0 radical (unpaired) electrons. The molecule has 0 N–H and O–H groups in total. The van der Waals surface area contributed by atoms with Gasteiger partial charge in [-0.2, -0.15) is 0 Å². The summed E-state index contributed by atoms with van der Waals surface area (Å²) in [5, 5.41) is 2.19. The number of para-hydroxylation sites is 2. The van der Waals surface area contributed by atoms with Crippen molar-refractivity contribution in [3.8, 4) is 11.5 Å². The van der Waals surface area contributed by atoms with E-state index in [0.717, 1.165) is 44.7 Å². The molecular weight excluding hydrogens is 346 g/mol. The minimum absolute atomic E-state index is 0.801. The average molecular weight is 363 g/mol. The molecular formula is C25H17NO2. The highest BCUT2D eigenvalue weighted by Crippen LogP contribution is 2.31. The molecule has 0 atom stereocenters. The lowest BCUT2D eigenvalue weighted by atomic mass is 10.1. The van der Waals surface area contributed by atoms with E-state index < -0.39 is 0 Å². The van der Waals surface area contributed by atoms with Gasteiger partial charge >= 0.3 is 0 Å². The van der Waals surface area contributed by atoms with Crippen molar-refractivity contribution in [1.82, 2.24) is 0 Å². The van der Waals surface area contributed by atoms with Gasteiger partial charge in [-0.15, -0.1) is 0 Å². The number of hydrogen-bond acceptors (Lipinski definition) is 3. The molecule has 0 amide bonds. The van der Waals surface area contributed by atoms with Gasteiger partial charge in [-0.05, 0) is 66.2 Å². The van der Waals surface area contributed by atoms with Crippen LogP contribution in [-0.2, 0) is 0 Å². The van der Waals surface area contributed by atoms with E-state index in [-0.39, 0.29) is 0 Å². The molecule has 1 heterocycles. The summed E-state index contributed by atoms with van der Waals surface area (Å²) in [4.78, 5) is 4.62. The third-order valence-corrected chi connectivity index (χ3v) is 4.58. The summed E-state index contributed by atoms with van der Waals surface area (Å²) in [5.74, 6) is 1.62. The summed E-state index contributed by atoms with van der Waals surface area (Å²) >= 11 is 0. The van der Waals surface area contributed by atoms with Gasteiger partial charge in [-0.25, -0.2) is 0 Å². The normalized spacial score (nSPS) is 11.4. The van der Waals surface area contributed by atoms with Gasteiger partial charge in [0.15, 0.2) is 0 Å². The summed E-state index contributed by atoms with van der Waals surface area (Å²) in [6.45, 7) is 0. The van der Waals surface area contributed by atoms with Crippen molar-refractivity contribution in [2.75, 3.05) is 0 Å². The van der Waals surface area contributed by atoms with Crippen LogP contribution in [0, 0.1) is 0 Å². The Morgan fingerprint density at radius 3 is 2.21 bits per heavy atom. The van der Waals surface area contributed by atoms with Crippen LogP contribution < -0.4 is 4.74 Å². The Kier molecular flexibility index (Phi) is 4.11. The smallest absolute Gasteiger partial charge is 0.135 e. The predicted molar refractivity (Wildman–Crippen MR) is 114 cm³/mol. The van der Waals surface area contributed by atoms with Crippen molar-refractivity contribution in [2.24, 2.45) is 4.99 Å². The first-order valence-electron chi connectivity index (χ1n) is 9.13. The van der Waals surface area contributed by atoms with Crippen molar-refractivity contribution in [2.45, 2.75) is 0 Å². The predicted octanol–water partition coefficient (Wildman–Crippen LogP) is 7.13. The van der Waals surface area contributed by atoms with Crippen LogP contribution in [0.3, 0.4) is 0 Å². The Morgan fingerprint density at radius 1 is 0.643 bits per heavy atom. The summed E-state index contributed by atoms with van der Waals surface area (Å²) in [6, 6.07) is 31.7. The molecule has 0 spiro atoms. The molecule has 0 bridgehead atoms. The molecule has 5 aromatic rings. The Hall–Kier alpha value is -3.85. The second-order valence-electron chi connectivity index (χ2n) is 6.52. The van der Waals surface area contributed by atoms with Crippen LogP contribution in [0.2, 0.25) is 0 Å². The van der Waals surface area contributed by atoms with E-state index in [1.54, 1.807) is 0 Å². The maximum Gasteiger partial charge on any atom is 0.135 e. The van der Waals surface area contributed by atoms with Crippen molar-refractivity contribution in [3.63, 3.8) is 0 Å². The van der Waals surface area contributed by atoms with E-state index in [1.165, 1.54) is 0 Å². The highest BCUT2D eigenvalue weighted by molar-refractivity contribution is 6.05. The molecule has 0 unspecified atom stereocenters. The fourth-order valence-electron chi connectivity index (χ4n) is 3.19. The van der Waals surface area contributed by atoms with Crippen LogP contribution in [0.15, 0.2) is 106 Å². The second-order valence-corrected chi connectivity index (χ2v) is 6.52. The quantitative estimate of drug-likeness (QED) is 0.318. The van der Waals surface area contributed by atoms with Crippen molar-refractivity contribution in [1.29, 1.82) is 0 Å². The van der Waals surface area contributed by atoms with Gasteiger partial charge in [0.2, 0.25) is 0 Å². The number of fused-ring (bicyclic) bond motifs is 3. The number of hydrogen-bond donors (Lipinski definition) is 0.